The van der Waals surface area contributed by atoms with Crippen LogP contribution in [0.15, 0.2) is 28.7 Å². The molecule has 132 valence electrons. The number of nitrogens with zero attached hydrogens (tertiary/aromatic N) is 2. The summed E-state index contributed by atoms with van der Waals surface area (Å²) in [5.41, 5.74) is 6.91. The zero-order chi connectivity index (χ0) is 17.7. The van der Waals surface area contributed by atoms with Gasteiger partial charge in [0.25, 0.3) is 10.0 Å². The number of hydrogen-bond acceptors (Lipinski definition) is 4. The lowest BCUT2D eigenvalue weighted by molar-refractivity contribution is -0.130. The van der Waals surface area contributed by atoms with Crippen LogP contribution in [0, 0.1) is 0 Å². The standard InChI is InChI=1S/C15H23N5O3S/c1-11(14(21)20-9-3-4-10-20)17-12-5-7-13(8-6-12)18-15(16)19-24(2,22)23/h5-8,11,17H,3-4,9-10H2,1-2H3,(H3,16,18,19). The van der Waals surface area contributed by atoms with Gasteiger partial charge in [0.05, 0.1) is 6.26 Å². The van der Waals surface area contributed by atoms with Crippen molar-refractivity contribution in [2.75, 3.05) is 30.0 Å². The number of nitrogens with one attached hydrogen (secondary N) is 2. The molecule has 1 aliphatic rings. The molecule has 0 aliphatic carbocycles. The maximum Gasteiger partial charge on any atom is 0.253 e. The Hall–Kier alpha value is -2.29. The van der Waals surface area contributed by atoms with Gasteiger partial charge in [-0.3, -0.25) is 4.79 Å². The van der Waals surface area contributed by atoms with Crippen LogP contribution < -0.4 is 16.4 Å². The first kappa shape index (κ1) is 18.1. The molecule has 9 heteroatoms. The molecule has 24 heavy (non-hydrogen) atoms. The van der Waals surface area contributed by atoms with Gasteiger partial charge >= 0.3 is 0 Å². The van der Waals surface area contributed by atoms with Crippen LogP contribution >= 0.6 is 0 Å². The lowest BCUT2D eigenvalue weighted by Crippen LogP contribution is -2.39. The molecule has 1 amide bonds. The van der Waals surface area contributed by atoms with Crippen molar-refractivity contribution in [3.05, 3.63) is 24.3 Å². The SMILES string of the molecule is CC(Nc1ccc(NC(N)=NS(C)(=O)=O)cc1)C(=O)N1CCCC1. The Morgan fingerprint density at radius 1 is 1.21 bits per heavy atom. The monoisotopic (exact) mass is 353 g/mol. The average molecular weight is 353 g/mol. The quantitative estimate of drug-likeness (QED) is 0.532. The van der Waals surface area contributed by atoms with Gasteiger partial charge in [-0.1, -0.05) is 0 Å². The van der Waals surface area contributed by atoms with E-state index in [1.165, 1.54) is 0 Å². The first-order valence-electron chi connectivity index (χ1n) is 7.72. The van der Waals surface area contributed by atoms with Crippen LogP contribution in [0.1, 0.15) is 19.8 Å². The van der Waals surface area contributed by atoms with Gasteiger partial charge in [0, 0.05) is 24.5 Å². The molecule has 8 nitrogen and oxygen atoms in total. The highest BCUT2D eigenvalue weighted by atomic mass is 32.2. The summed E-state index contributed by atoms with van der Waals surface area (Å²) in [6, 6.07) is 6.70. The Balaban J connectivity index is 1.94. The Bertz CT molecular complexity index is 709. The van der Waals surface area contributed by atoms with Gasteiger partial charge in [-0.15, -0.1) is 4.40 Å². The molecule has 0 spiro atoms. The second kappa shape index (κ2) is 7.52. The number of carbonyl (C=O) groups is 1. The molecule has 1 fully saturated rings. The van der Waals surface area contributed by atoms with Gasteiger partial charge in [0.15, 0.2) is 0 Å². The molecule has 1 aromatic carbocycles. The summed E-state index contributed by atoms with van der Waals surface area (Å²) >= 11 is 0. The number of rotatable bonds is 5. The number of nitrogens with two attached hydrogens (primary N) is 1. The fourth-order valence-electron chi connectivity index (χ4n) is 2.52. The summed E-state index contributed by atoms with van der Waals surface area (Å²) in [5, 5.41) is 5.85. The molecule has 4 N–H and O–H groups in total. The van der Waals surface area contributed by atoms with Crippen LogP contribution in [0.5, 0.6) is 0 Å². The molecule has 1 heterocycles. The average Bonchev–Trinajstić information content (AvgIpc) is 3.00. The third-order valence-electron chi connectivity index (χ3n) is 3.59. The van der Waals surface area contributed by atoms with Gasteiger partial charge in [0.1, 0.15) is 6.04 Å². The number of likely N-dealkylation sites (tertiary alicyclic amines) is 1. The lowest BCUT2D eigenvalue weighted by Gasteiger charge is -2.22. The molecule has 0 aromatic heterocycles. The first-order chi connectivity index (χ1) is 11.2. The van der Waals surface area contributed by atoms with E-state index >= 15 is 0 Å². The molecule has 0 radical (unpaired) electrons. The number of hydrogen-bond donors (Lipinski definition) is 3. The fourth-order valence-corrected chi connectivity index (χ4v) is 2.93. The largest absolute Gasteiger partial charge is 0.374 e. The van der Waals surface area contributed by atoms with Crippen LogP contribution in [0.4, 0.5) is 11.4 Å². The minimum Gasteiger partial charge on any atom is -0.374 e. The minimum absolute atomic E-state index is 0.0965. The Morgan fingerprint density at radius 3 is 2.29 bits per heavy atom. The van der Waals surface area contributed by atoms with E-state index in [0.29, 0.717) is 5.69 Å². The number of amides is 1. The minimum atomic E-state index is -3.54. The van der Waals surface area contributed by atoms with Gasteiger partial charge < -0.3 is 21.3 Å². The van der Waals surface area contributed by atoms with E-state index < -0.39 is 10.0 Å². The van der Waals surface area contributed by atoms with Crippen LogP contribution in [-0.4, -0.2) is 50.6 Å². The molecule has 1 aliphatic heterocycles. The van der Waals surface area contributed by atoms with Gasteiger partial charge in [-0.05, 0) is 44.0 Å². The number of benzene rings is 1. The van der Waals surface area contributed by atoms with Crippen LogP contribution in [0.25, 0.3) is 0 Å². The molecule has 1 unspecified atom stereocenters. The highest BCUT2D eigenvalue weighted by molar-refractivity contribution is 7.89. The summed E-state index contributed by atoms with van der Waals surface area (Å²) in [6.45, 7) is 3.49. The highest BCUT2D eigenvalue weighted by Crippen LogP contribution is 2.16. The third kappa shape index (κ3) is 5.41. The number of anilines is 2. The topological polar surface area (TPSA) is 117 Å². The summed E-state index contributed by atoms with van der Waals surface area (Å²) in [4.78, 5) is 14.1. The smallest absolute Gasteiger partial charge is 0.253 e. The van der Waals surface area contributed by atoms with E-state index in [9.17, 15) is 13.2 Å². The van der Waals surface area contributed by atoms with Gasteiger partial charge in [0.2, 0.25) is 11.9 Å². The molecular weight excluding hydrogens is 330 g/mol. The maximum absolute atomic E-state index is 12.3. The predicted molar refractivity (Wildman–Crippen MR) is 95.4 cm³/mol. The zero-order valence-electron chi connectivity index (χ0n) is 13.8. The van der Waals surface area contributed by atoms with Crippen LogP contribution in [0.2, 0.25) is 0 Å². The molecule has 1 atom stereocenters. The molecule has 0 bridgehead atoms. The van der Waals surface area contributed by atoms with Crippen molar-refractivity contribution in [3.8, 4) is 0 Å². The Morgan fingerprint density at radius 2 is 1.75 bits per heavy atom. The van der Waals surface area contributed by atoms with Crippen molar-refractivity contribution in [1.82, 2.24) is 4.90 Å². The van der Waals surface area contributed by atoms with Crippen molar-refractivity contribution >= 4 is 33.3 Å². The van der Waals surface area contributed by atoms with E-state index in [-0.39, 0.29) is 17.9 Å². The summed E-state index contributed by atoms with van der Waals surface area (Å²) in [7, 11) is -3.54. The van der Waals surface area contributed by atoms with Crippen LogP contribution in [-0.2, 0) is 14.8 Å². The molecule has 0 saturated carbocycles. The number of guanidine groups is 1. The van der Waals surface area contributed by atoms with Crippen molar-refractivity contribution in [3.63, 3.8) is 0 Å². The molecule has 2 rings (SSSR count). The summed E-state index contributed by atoms with van der Waals surface area (Å²) in [5.74, 6) is -0.102. The predicted octanol–water partition coefficient (Wildman–Crippen LogP) is 0.796. The van der Waals surface area contributed by atoms with E-state index in [4.69, 9.17) is 5.73 Å². The lowest BCUT2D eigenvalue weighted by atomic mass is 10.2. The molecular formula is C15H23N5O3S. The Labute approximate surface area is 142 Å². The second-order valence-electron chi connectivity index (χ2n) is 5.81. The van der Waals surface area contributed by atoms with E-state index in [2.05, 4.69) is 15.0 Å². The highest BCUT2D eigenvalue weighted by Gasteiger charge is 2.22. The first-order valence-corrected chi connectivity index (χ1v) is 9.57. The molecule has 1 saturated heterocycles. The van der Waals surface area contributed by atoms with E-state index in [1.54, 1.807) is 24.3 Å². The second-order valence-corrected chi connectivity index (χ2v) is 7.46. The van der Waals surface area contributed by atoms with E-state index in [1.807, 2.05) is 11.8 Å². The normalized spacial score (nSPS) is 16.8. The van der Waals surface area contributed by atoms with Crippen molar-refractivity contribution < 1.29 is 13.2 Å². The van der Waals surface area contributed by atoms with E-state index in [0.717, 1.165) is 37.9 Å². The van der Waals surface area contributed by atoms with Gasteiger partial charge in [-0.25, -0.2) is 8.42 Å². The van der Waals surface area contributed by atoms with Crippen molar-refractivity contribution in [2.45, 2.75) is 25.8 Å². The molecule has 1 aromatic rings. The maximum atomic E-state index is 12.3. The fraction of sp³-hybridized carbons (Fsp3) is 0.467. The van der Waals surface area contributed by atoms with Crippen molar-refractivity contribution in [2.24, 2.45) is 10.1 Å². The Kier molecular flexibility index (Phi) is 5.66. The van der Waals surface area contributed by atoms with Crippen molar-refractivity contribution in [1.29, 1.82) is 0 Å². The van der Waals surface area contributed by atoms with Crippen LogP contribution in [0.3, 0.4) is 0 Å². The summed E-state index contributed by atoms with van der Waals surface area (Å²) in [6.07, 6.45) is 3.10. The van der Waals surface area contributed by atoms with Gasteiger partial charge in [-0.2, -0.15) is 0 Å². The zero-order valence-corrected chi connectivity index (χ0v) is 14.6. The third-order valence-corrected chi connectivity index (χ3v) is 4.12. The summed E-state index contributed by atoms with van der Waals surface area (Å²) < 4.78 is 25.4. The number of carbonyl (C=O) groups excluding carboxylic acids is 1. The number of sulfonamides is 1.